The molecule has 0 amide bonds. The summed E-state index contributed by atoms with van der Waals surface area (Å²) in [6, 6.07) is 4.53. The van der Waals surface area contributed by atoms with Crippen molar-refractivity contribution < 1.29 is 18.0 Å². The average Bonchev–Trinajstić information content (AvgIpc) is 2.99. The molecule has 1 aliphatic rings. The molecule has 1 atom stereocenters. The largest absolute Gasteiger partial charge is 0.416 e. The van der Waals surface area contributed by atoms with Crippen molar-refractivity contribution in [1.82, 2.24) is 4.90 Å². The molecule has 21 heavy (non-hydrogen) atoms. The van der Waals surface area contributed by atoms with Gasteiger partial charge in [0, 0.05) is 5.56 Å². The summed E-state index contributed by atoms with van der Waals surface area (Å²) >= 11 is 0. The number of alkyl halides is 3. The first kappa shape index (κ1) is 16.0. The molecule has 0 bridgehead atoms. The molecular weight excluding hydrogens is 279 g/mol. The lowest BCUT2D eigenvalue weighted by atomic mass is 9.86. The molecule has 116 valence electrons. The predicted molar refractivity (Wildman–Crippen MR) is 75.3 cm³/mol. The molecule has 5 heteroatoms. The number of carbonyl (C=O) groups excluding carboxylic acids is 1. The third-order valence-corrected chi connectivity index (χ3v) is 4.46. The summed E-state index contributed by atoms with van der Waals surface area (Å²) in [5.41, 5.74) is -1.01. The van der Waals surface area contributed by atoms with E-state index in [4.69, 9.17) is 0 Å². The Bertz CT molecular complexity index is 503. The van der Waals surface area contributed by atoms with Crippen molar-refractivity contribution in [2.24, 2.45) is 0 Å². The van der Waals surface area contributed by atoms with E-state index in [9.17, 15) is 18.0 Å². The number of likely N-dealkylation sites (tertiary alicyclic amines) is 1. The fourth-order valence-electron chi connectivity index (χ4n) is 2.86. The molecule has 1 aromatic rings. The molecule has 2 rings (SSSR count). The Morgan fingerprint density at radius 3 is 2.10 bits per heavy atom. The maximum absolute atomic E-state index is 12.7. The Balaban J connectivity index is 2.25. The van der Waals surface area contributed by atoms with Gasteiger partial charge in [0.2, 0.25) is 0 Å². The van der Waals surface area contributed by atoms with Gasteiger partial charge in [0.15, 0.2) is 5.78 Å². The molecular formula is C16H20F3NO. The molecule has 0 N–H and O–H groups in total. The van der Waals surface area contributed by atoms with Crippen LogP contribution in [-0.2, 0) is 6.18 Å². The third kappa shape index (κ3) is 3.12. The summed E-state index contributed by atoms with van der Waals surface area (Å²) in [5.74, 6) is -0.0966. The van der Waals surface area contributed by atoms with Gasteiger partial charge in [0.05, 0.1) is 11.1 Å². The van der Waals surface area contributed by atoms with Crippen molar-refractivity contribution in [2.45, 2.75) is 44.8 Å². The molecule has 0 radical (unpaired) electrons. The summed E-state index contributed by atoms with van der Waals surface area (Å²) in [4.78, 5) is 14.9. The lowest BCUT2D eigenvalue weighted by Gasteiger charge is -2.36. The highest BCUT2D eigenvalue weighted by atomic mass is 19.4. The van der Waals surface area contributed by atoms with Gasteiger partial charge < -0.3 is 0 Å². The van der Waals surface area contributed by atoms with Gasteiger partial charge in [-0.15, -0.1) is 0 Å². The number of ketones is 1. The normalized spacial score (nSPS) is 19.5. The van der Waals surface area contributed by atoms with Crippen molar-refractivity contribution in [3.63, 3.8) is 0 Å². The average molecular weight is 299 g/mol. The van der Waals surface area contributed by atoms with Crippen molar-refractivity contribution in [2.75, 3.05) is 13.1 Å². The molecule has 0 spiro atoms. The minimum absolute atomic E-state index is 0.0966. The lowest BCUT2D eigenvalue weighted by molar-refractivity contribution is -0.137. The van der Waals surface area contributed by atoms with E-state index >= 15 is 0 Å². The first-order chi connectivity index (χ1) is 9.79. The Morgan fingerprint density at radius 1 is 1.14 bits per heavy atom. The van der Waals surface area contributed by atoms with Gasteiger partial charge in [-0.05, 0) is 51.4 Å². The summed E-state index contributed by atoms with van der Waals surface area (Å²) in [7, 11) is 0. The number of nitrogens with zero attached hydrogens (tertiary/aromatic N) is 1. The van der Waals surface area contributed by atoms with Gasteiger partial charge in [-0.2, -0.15) is 13.2 Å². The lowest BCUT2D eigenvalue weighted by Crippen LogP contribution is -2.50. The molecule has 1 aromatic carbocycles. The number of halogens is 3. The third-order valence-electron chi connectivity index (χ3n) is 4.46. The molecule has 0 aliphatic carbocycles. The van der Waals surface area contributed by atoms with E-state index in [1.54, 1.807) is 0 Å². The van der Waals surface area contributed by atoms with Gasteiger partial charge in [0.1, 0.15) is 0 Å². The highest BCUT2D eigenvalue weighted by Gasteiger charge is 2.39. The van der Waals surface area contributed by atoms with Crippen LogP contribution in [0.15, 0.2) is 24.3 Å². The molecule has 1 aliphatic heterocycles. The maximum atomic E-state index is 12.7. The quantitative estimate of drug-likeness (QED) is 0.778. The standard InChI is InChI=1S/C16H20F3NO/c1-3-15(2,20-10-4-5-11-20)14(21)12-6-8-13(9-7-12)16(17,18)19/h6-9H,3-5,10-11H2,1-2H3. The van der Waals surface area contributed by atoms with Gasteiger partial charge in [-0.1, -0.05) is 19.1 Å². The Morgan fingerprint density at radius 2 is 1.67 bits per heavy atom. The van der Waals surface area contributed by atoms with Crippen LogP contribution in [0.25, 0.3) is 0 Å². The summed E-state index contributed by atoms with van der Waals surface area (Å²) in [5, 5.41) is 0. The molecule has 1 unspecified atom stereocenters. The molecule has 1 saturated heterocycles. The van der Waals surface area contributed by atoms with Crippen LogP contribution in [0.2, 0.25) is 0 Å². The van der Waals surface area contributed by atoms with Gasteiger partial charge in [-0.25, -0.2) is 0 Å². The van der Waals surface area contributed by atoms with Crippen molar-refractivity contribution in [1.29, 1.82) is 0 Å². The van der Waals surface area contributed by atoms with Gasteiger partial charge in [0.25, 0.3) is 0 Å². The van der Waals surface area contributed by atoms with Gasteiger partial charge in [-0.3, -0.25) is 9.69 Å². The first-order valence-electron chi connectivity index (χ1n) is 7.26. The summed E-state index contributed by atoms with van der Waals surface area (Å²) in [6.45, 7) is 5.58. The Hall–Kier alpha value is -1.36. The van der Waals surface area contributed by atoms with E-state index in [0.717, 1.165) is 38.1 Å². The predicted octanol–water partition coefficient (Wildman–Crippen LogP) is 4.15. The minimum atomic E-state index is -4.37. The molecule has 1 fully saturated rings. The van der Waals surface area contributed by atoms with Crippen LogP contribution in [0.5, 0.6) is 0 Å². The second kappa shape index (κ2) is 5.79. The second-order valence-electron chi connectivity index (χ2n) is 5.73. The topological polar surface area (TPSA) is 20.3 Å². The number of hydrogen-bond acceptors (Lipinski definition) is 2. The number of rotatable bonds is 4. The highest BCUT2D eigenvalue weighted by Crippen LogP contribution is 2.31. The Labute approximate surface area is 122 Å². The van der Waals surface area contributed by atoms with Crippen molar-refractivity contribution in [3.8, 4) is 0 Å². The molecule has 1 heterocycles. The fraction of sp³-hybridized carbons (Fsp3) is 0.562. The zero-order valence-corrected chi connectivity index (χ0v) is 12.3. The monoisotopic (exact) mass is 299 g/mol. The van der Waals surface area contributed by atoms with Crippen molar-refractivity contribution in [3.05, 3.63) is 35.4 Å². The summed E-state index contributed by atoms with van der Waals surface area (Å²) < 4.78 is 37.7. The maximum Gasteiger partial charge on any atom is 0.416 e. The van der Waals surface area contributed by atoms with Crippen LogP contribution in [0.1, 0.15) is 49.0 Å². The molecule has 0 aromatic heterocycles. The number of Topliss-reactive ketones (excluding diaryl/α,β-unsaturated/α-hetero) is 1. The number of benzene rings is 1. The van der Waals surface area contributed by atoms with E-state index in [1.807, 2.05) is 13.8 Å². The zero-order chi connectivity index (χ0) is 15.7. The van der Waals surface area contributed by atoms with Gasteiger partial charge >= 0.3 is 6.18 Å². The minimum Gasteiger partial charge on any atom is -0.292 e. The van der Waals surface area contributed by atoms with E-state index in [-0.39, 0.29) is 5.78 Å². The van der Waals surface area contributed by atoms with E-state index < -0.39 is 17.3 Å². The van der Waals surface area contributed by atoms with Crippen molar-refractivity contribution >= 4 is 5.78 Å². The number of hydrogen-bond donors (Lipinski definition) is 0. The van der Waals surface area contributed by atoms with Crippen LogP contribution in [0.4, 0.5) is 13.2 Å². The van der Waals surface area contributed by atoms with Crippen LogP contribution >= 0.6 is 0 Å². The molecule has 0 saturated carbocycles. The van der Waals surface area contributed by atoms with E-state index in [1.165, 1.54) is 12.1 Å². The summed E-state index contributed by atoms with van der Waals surface area (Å²) in [6.07, 6.45) is -1.59. The fourth-order valence-corrected chi connectivity index (χ4v) is 2.86. The van der Waals surface area contributed by atoms with Crippen LogP contribution in [0, 0.1) is 0 Å². The number of carbonyl (C=O) groups is 1. The van der Waals surface area contributed by atoms with E-state index in [0.29, 0.717) is 12.0 Å². The van der Waals surface area contributed by atoms with E-state index in [2.05, 4.69) is 4.90 Å². The second-order valence-corrected chi connectivity index (χ2v) is 5.73. The SMILES string of the molecule is CCC(C)(C(=O)c1ccc(C(F)(F)F)cc1)N1CCCC1. The van der Waals surface area contributed by atoms with Crippen LogP contribution in [-0.4, -0.2) is 29.3 Å². The zero-order valence-electron chi connectivity index (χ0n) is 12.3. The molecule has 2 nitrogen and oxygen atoms in total. The van der Waals surface area contributed by atoms with Crippen LogP contribution in [0.3, 0.4) is 0 Å². The Kier molecular flexibility index (Phi) is 4.42. The smallest absolute Gasteiger partial charge is 0.292 e. The highest BCUT2D eigenvalue weighted by molar-refractivity contribution is 6.03. The van der Waals surface area contributed by atoms with Crippen LogP contribution < -0.4 is 0 Å². The first-order valence-corrected chi connectivity index (χ1v) is 7.26.